The van der Waals surface area contributed by atoms with Gasteiger partial charge in [0.05, 0.1) is 11.6 Å². The molecular weight excluding hydrogens is 456 g/mol. The minimum absolute atomic E-state index is 0.00405. The number of ether oxygens (including phenoxy) is 1. The Labute approximate surface area is 207 Å². The van der Waals surface area contributed by atoms with E-state index in [1.165, 1.54) is 0 Å². The maximum atomic E-state index is 13.1. The molecule has 2 heterocycles. The van der Waals surface area contributed by atoms with Crippen molar-refractivity contribution in [2.75, 3.05) is 27.3 Å². The highest BCUT2D eigenvalue weighted by molar-refractivity contribution is 6.29. The Morgan fingerprint density at radius 2 is 1.97 bits per heavy atom. The number of halogens is 1. The summed E-state index contributed by atoms with van der Waals surface area (Å²) in [4.78, 5) is 36.3. The fraction of sp³-hybridized carbons (Fsp3) is 0.600. The summed E-state index contributed by atoms with van der Waals surface area (Å²) in [6, 6.07) is 1.89. The van der Waals surface area contributed by atoms with Crippen LogP contribution in [0.15, 0.2) is 11.6 Å². The molecule has 3 rings (SSSR count). The molecule has 0 amide bonds. The number of ketones is 2. The highest BCUT2D eigenvalue weighted by atomic mass is 35.5. The summed E-state index contributed by atoms with van der Waals surface area (Å²) in [6.45, 7) is 3.53. The zero-order valence-corrected chi connectivity index (χ0v) is 21.2. The highest BCUT2D eigenvalue weighted by Gasteiger charge is 2.32. The Kier molecular flexibility index (Phi) is 13.4. The molecule has 2 fully saturated rings. The standard InChI is InChI=1S/C22H31ClN4O3.C2H2.CH4O/c1-3-7-16(21(29)15-9-4-5-10-17(15)28)20(24)22-25-18(23)12-19(26-22)30-13-14-8-6-11-27(14)2;2*1-2/h12,14-15H,3-11,13,24H2,1-2H3;1-2H;2H,1H3/b20-16-;;/t14-,15-;;/m0../s1. The van der Waals surface area contributed by atoms with Crippen molar-refractivity contribution in [2.45, 2.75) is 64.3 Å². The predicted octanol–water partition coefficient (Wildman–Crippen LogP) is 3.26. The van der Waals surface area contributed by atoms with Crippen LogP contribution >= 0.6 is 11.6 Å². The number of nitrogens with two attached hydrogens (primary N) is 1. The number of carbonyl (C=O) groups is 2. The van der Waals surface area contributed by atoms with Gasteiger partial charge in [0.15, 0.2) is 11.6 Å². The van der Waals surface area contributed by atoms with Crippen molar-refractivity contribution in [3.05, 3.63) is 22.6 Å². The number of hydrogen-bond donors (Lipinski definition) is 2. The van der Waals surface area contributed by atoms with Gasteiger partial charge in [0, 0.05) is 31.2 Å². The molecular formula is C25H37ClN4O4. The van der Waals surface area contributed by atoms with Gasteiger partial charge in [-0.1, -0.05) is 31.4 Å². The van der Waals surface area contributed by atoms with E-state index < -0.39 is 5.92 Å². The second-order valence-corrected chi connectivity index (χ2v) is 8.60. The minimum Gasteiger partial charge on any atom is -0.476 e. The van der Waals surface area contributed by atoms with Gasteiger partial charge in [0.25, 0.3) is 0 Å². The predicted molar refractivity (Wildman–Crippen MR) is 134 cm³/mol. The molecule has 2 atom stereocenters. The normalized spacial score (nSPS) is 20.9. The third-order valence-electron chi connectivity index (χ3n) is 6.00. The van der Waals surface area contributed by atoms with Crippen molar-refractivity contribution in [1.82, 2.24) is 14.9 Å². The fourth-order valence-electron chi connectivity index (χ4n) is 4.21. The summed E-state index contributed by atoms with van der Waals surface area (Å²) in [7, 11) is 3.08. The number of aromatic nitrogens is 2. The second-order valence-electron chi connectivity index (χ2n) is 8.21. The molecule has 0 radical (unpaired) electrons. The Hall–Kier alpha value is -2.47. The van der Waals surface area contributed by atoms with Crippen molar-refractivity contribution < 1.29 is 19.4 Å². The lowest BCUT2D eigenvalue weighted by molar-refractivity contribution is -0.132. The summed E-state index contributed by atoms with van der Waals surface area (Å²) in [5.41, 5.74) is 6.96. The molecule has 188 valence electrons. The second kappa shape index (κ2) is 15.4. The first-order chi connectivity index (χ1) is 16.4. The lowest BCUT2D eigenvalue weighted by Crippen LogP contribution is -2.31. The van der Waals surface area contributed by atoms with Crippen molar-refractivity contribution in [3.63, 3.8) is 0 Å². The molecule has 1 aromatic heterocycles. The molecule has 1 saturated carbocycles. The number of aliphatic hydroxyl groups is 1. The van der Waals surface area contributed by atoms with Gasteiger partial charge in [-0.05, 0) is 45.7 Å². The van der Waals surface area contributed by atoms with Gasteiger partial charge in [-0.25, -0.2) is 4.98 Å². The van der Waals surface area contributed by atoms with Crippen LogP contribution in [0.5, 0.6) is 5.88 Å². The molecule has 1 aliphatic carbocycles. The molecule has 0 aromatic carbocycles. The summed E-state index contributed by atoms with van der Waals surface area (Å²) in [6.07, 6.45) is 14.2. The van der Waals surface area contributed by atoms with Crippen LogP contribution in [0.25, 0.3) is 5.70 Å². The Balaban J connectivity index is 0.00000137. The van der Waals surface area contributed by atoms with Gasteiger partial charge in [-0.3, -0.25) is 9.59 Å². The Morgan fingerprint density at radius 3 is 2.56 bits per heavy atom. The number of aliphatic hydroxyl groups excluding tert-OH is 1. The number of likely N-dealkylation sites (tertiary alicyclic amines) is 1. The van der Waals surface area contributed by atoms with Crippen LogP contribution in [0.4, 0.5) is 0 Å². The van der Waals surface area contributed by atoms with Crippen LogP contribution in [-0.4, -0.2) is 64.9 Å². The lowest BCUT2D eigenvalue weighted by atomic mass is 9.81. The van der Waals surface area contributed by atoms with Gasteiger partial charge in [-0.2, -0.15) is 4.98 Å². The van der Waals surface area contributed by atoms with Crippen molar-refractivity contribution >= 4 is 28.9 Å². The summed E-state index contributed by atoms with van der Waals surface area (Å²) in [5, 5.41) is 7.20. The molecule has 0 unspecified atom stereocenters. The van der Waals surface area contributed by atoms with Crippen molar-refractivity contribution in [2.24, 2.45) is 11.7 Å². The van der Waals surface area contributed by atoms with Crippen LogP contribution < -0.4 is 10.5 Å². The number of carbonyl (C=O) groups excluding carboxylic acids is 2. The van der Waals surface area contributed by atoms with Crippen LogP contribution in [0.3, 0.4) is 0 Å². The molecule has 1 aromatic rings. The quantitative estimate of drug-likeness (QED) is 0.245. The fourth-order valence-corrected chi connectivity index (χ4v) is 4.38. The first-order valence-electron chi connectivity index (χ1n) is 11.6. The monoisotopic (exact) mass is 492 g/mol. The molecule has 3 N–H and O–H groups in total. The van der Waals surface area contributed by atoms with Crippen molar-refractivity contribution in [1.29, 1.82) is 0 Å². The Bertz CT molecular complexity index is 872. The van der Waals surface area contributed by atoms with Crippen molar-refractivity contribution in [3.8, 4) is 18.7 Å². The molecule has 8 nitrogen and oxygen atoms in total. The number of hydrogen-bond acceptors (Lipinski definition) is 8. The maximum Gasteiger partial charge on any atom is 0.218 e. The van der Waals surface area contributed by atoms with E-state index in [0.29, 0.717) is 43.4 Å². The van der Waals surface area contributed by atoms with E-state index >= 15 is 0 Å². The largest absolute Gasteiger partial charge is 0.476 e. The SMILES string of the molecule is C#C.CCC/C(C(=O)[C@H]1CCCCC1=O)=C(/N)c1nc(Cl)cc(OC[C@@H]2CCCN2C)n1.CO. The lowest BCUT2D eigenvalue weighted by Gasteiger charge is -2.21. The Morgan fingerprint density at radius 1 is 1.26 bits per heavy atom. The van der Waals surface area contributed by atoms with Crippen LogP contribution in [0.2, 0.25) is 5.15 Å². The molecule has 0 bridgehead atoms. The van der Waals surface area contributed by atoms with E-state index in [9.17, 15) is 9.59 Å². The number of terminal acetylenes is 1. The summed E-state index contributed by atoms with van der Waals surface area (Å²) >= 11 is 6.19. The van der Waals surface area contributed by atoms with E-state index in [0.717, 1.165) is 45.8 Å². The first-order valence-corrected chi connectivity index (χ1v) is 12.0. The summed E-state index contributed by atoms with van der Waals surface area (Å²) in [5.74, 6) is -0.281. The van der Waals surface area contributed by atoms with E-state index in [-0.39, 0.29) is 28.2 Å². The zero-order chi connectivity index (χ0) is 25.7. The summed E-state index contributed by atoms with van der Waals surface area (Å²) < 4.78 is 5.87. The van der Waals surface area contributed by atoms with E-state index in [1.54, 1.807) is 6.07 Å². The molecule has 2 aliphatic rings. The first kappa shape index (κ1) is 29.6. The molecule has 34 heavy (non-hydrogen) atoms. The minimum atomic E-state index is -0.605. The molecule has 1 saturated heterocycles. The number of rotatable bonds is 8. The van der Waals surface area contributed by atoms with Gasteiger partial charge in [-0.15, -0.1) is 12.8 Å². The number of allylic oxidation sites excluding steroid dienone is 1. The number of likely N-dealkylation sites (N-methyl/N-ethyl adjacent to an activating group) is 1. The van der Waals surface area contributed by atoms with Gasteiger partial charge in [0.2, 0.25) is 5.88 Å². The van der Waals surface area contributed by atoms with Crippen LogP contribution in [-0.2, 0) is 9.59 Å². The number of nitrogens with zero attached hydrogens (tertiary/aromatic N) is 3. The van der Waals surface area contributed by atoms with E-state index in [1.807, 2.05) is 6.92 Å². The van der Waals surface area contributed by atoms with Crippen LogP contribution in [0, 0.1) is 18.8 Å². The molecule has 1 aliphatic heterocycles. The smallest absolute Gasteiger partial charge is 0.218 e. The van der Waals surface area contributed by atoms with E-state index in [2.05, 4.69) is 34.8 Å². The van der Waals surface area contributed by atoms with Gasteiger partial charge >= 0.3 is 0 Å². The average Bonchev–Trinajstić information content (AvgIpc) is 3.27. The highest BCUT2D eigenvalue weighted by Crippen LogP contribution is 2.28. The third-order valence-corrected chi connectivity index (χ3v) is 6.19. The van der Waals surface area contributed by atoms with Gasteiger partial charge < -0.3 is 20.5 Å². The molecule has 0 spiro atoms. The van der Waals surface area contributed by atoms with Crippen LogP contribution in [0.1, 0.15) is 64.1 Å². The number of Topliss-reactive ketones (excluding diaryl/α,β-unsaturated/α-hetero) is 2. The molecule has 9 heteroatoms. The topological polar surface area (TPSA) is 119 Å². The third kappa shape index (κ3) is 8.08. The zero-order valence-electron chi connectivity index (χ0n) is 20.4. The maximum absolute atomic E-state index is 13.1. The van der Waals surface area contributed by atoms with E-state index in [4.69, 9.17) is 27.2 Å². The van der Waals surface area contributed by atoms with Gasteiger partial charge in [0.1, 0.15) is 17.5 Å². The average molecular weight is 493 g/mol.